The lowest BCUT2D eigenvalue weighted by molar-refractivity contribution is -0.125. The molecule has 1 N–H and O–H groups in total. The molecule has 1 amide bonds. The Balaban J connectivity index is 1.47. The van der Waals surface area contributed by atoms with Gasteiger partial charge in [0.15, 0.2) is 18.1 Å². The van der Waals surface area contributed by atoms with Crippen molar-refractivity contribution >= 4 is 35.0 Å². The van der Waals surface area contributed by atoms with Crippen LogP contribution in [0.15, 0.2) is 47.6 Å². The Kier molecular flexibility index (Phi) is 7.06. The van der Waals surface area contributed by atoms with Gasteiger partial charge in [-0.15, -0.1) is 0 Å². The number of carbonyl (C=O) groups excluding carboxylic acids is 1. The Morgan fingerprint density at radius 3 is 2.89 bits per heavy atom. The van der Waals surface area contributed by atoms with Crippen LogP contribution in [0.25, 0.3) is 0 Å². The van der Waals surface area contributed by atoms with Crippen LogP contribution < -0.4 is 14.8 Å². The van der Waals surface area contributed by atoms with Gasteiger partial charge < -0.3 is 19.6 Å². The van der Waals surface area contributed by atoms with Gasteiger partial charge in [-0.2, -0.15) is 11.8 Å². The molecular weight excluding hydrogens is 400 g/mol. The van der Waals surface area contributed by atoms with E-state index in [9.17, 15) is 4.79 Å². The number of ether oxygens (including phenoxy) is 2. The minimum absolute atomic E-state index is 0.113. The number of thioether (sulfide) groups is 1. The second-order valence-corrected chi connectivity index (χ2v) is 7.58. The number of halogens is 1. The molecule has 1 atom stereocenters. The third kappa shape index (κ3) is 5.33. The third-order valence-corrected chi connectivity index (χ3v) is 5.42. The van der Waals surface area contributed by atoms with Gasteiger partial charge in [-0.3, -0.25) is 4.79 Å². The summed E-state index contributed by atoms with van der Waals surface area (Å²) in [6.45, 7) is 2.35. The number of fused-ring (bicyclic) bond motifs is 1. The molecule has 148 valence electrons. The summed E-state index contributed by atoms with van der Waals surface area (Å²) in [6, 6.07) is 13.2. The fourth-order valence-corrected chi connectivity index (χ4v) is 3.53. The van der Waals surface area contributed by atoms with Crippen LogP contribution in [0, 0.1) is 0 Å². The quantitative estimate of drug-likeness (QED) is 0.515. The Labute approximate surface area is 173 Å². The highest BCUT2D eigenvalue weighted by atomic mass is 35.5. The summed E-state index contributed by atoms with van der Waals surface area (Å²) in [5.41, 5.74) is 2.55. The topological polar surface area (TPSA) is 69.2 Å². The summed E-state index contributed by atoms with van der Waals surface area (Å²) < 4.78 is 10.6. The highest BCUT2D eigenvalue weighted by Gasteiger charge is 2.15. The molecule has 3 rings (SSSR count). The first-order valence-electron chi connectivity index (χ1n) is 8.68. The standard InChI is InChI=1S/C20H21ClN2O4S/c1-13(14-6-7-17-18(9-14)26-12-25-17)23-27-11-20(24)22-10-19(28-2)15-4-3-5-16(21)8-15/h3-9,19H,10-12H2,1-2H3,(H,22,24)/b23-13+. The minimum atomic E-state index is -0.233. The maximum atomic E-state index is 12.1. The smallest absolute Gasteiger partial charge is 0.260 e. The number of rotatable bonds is 8. The predicted octanol–water partition coefficient (Wildman–Crippen LogP) is 4.03. The number of oxime groups is 1. The van der Waals surface area contributed by atoms with Crippen molar-refractivity contribution in [2.75, 3.05) is 26.2 Å². The molecule has 0 saturated heterocycles. The molecule has 28 heavy (non-hydrogen) atoms. The first-order valence-corrected chi connectivity index (χ1v) is 10.3. The van der Waals surface area contributed by atoms with Crippen LogP contribution in [0.3, 0.4) is 0 Å². The average molecular weight is 421 g/mol. The molecule has 0 saturated carbocycles. The average Bonchev–Trinajstić information content (AvgIpc) is 3.16. The molecular formula is C20H21ClN2O4S. The van der Waals surface area contributed by atoms with Gasteiger partial charge in [0, 0.05) is 22.4 Å². The summed E-state index contributed by atoms with van der Waals surface area (Å²) in [5, 5.41) is 7.67. The molecule has 1 aliphatic rings. The number of nitrogens with zero attached hydrogens (tertiary/aromatic N) is 1. The summed E-state index contributed by atoms with van der Waals surface area (Å²) in [4.78, 5) is 17.3. The van der Waals surface area contributed by atoms with Crippen LogP contribution in [-0.2, 0) is 9.63 Å². The van der Waals surface area contributed by atoms with Crippen LogP contribution in [0.2, 0.25) is 5.02 Å². The van der Waals surface area contributed by atoms with Crippen LogP contribution in [-0.4, -0.2) is 37.8 Å². The van der Waals surface area contributed by atoms with Crippen molar-refractivity contribution in [3.63, 3.8) is 0 Å². The molecule has 0 spiro atoms. The molecule has 0 radical (unpaired) electrons. The SMILES string of the molecule is CSC(CNC(=O)CO/N=C(\C)c1ccc2c(c1)OCO2)c1cccc(Cl)c1. The van der Waals surface area contributed by atoms with Crippen molar-refractivity contribution in [3.05, 3.63) is 58.6 Å². The Bertz CT molecular complexity index is 875. The number of benzene rings is 2. The Hall–Kier alpha value is -2.38. The van der Waals surface area contributed by atoms with Crippen LogP contribution in [0.4, 0.5) is 0 Å². The zero-order chi connectivity index (χ0) is 19.9. The fraction of sp³-hybridized carbons (Fsp3) is 0.300. The van der Waals surface area contributed by atoms with Crippen LogP contribution >= 0.6 is 23.4 Å². The van der Waals surface area contributed by atoms with Crippen molar-refractivity contribution in [3.8, 4) is 11.5 Å². The minimum Gasteiger partial charge on any atom is -0.454 e. The van der Waals surface area contributed by atoms with Crippen molar-refractivity contribution in [2.45, 2.75) is 12.2 Å². The molecule has 0 fully saturated rings. The van der Waals surface area contributed by atoms with Gasteiger partial charge in [-0.05, 0) is 49.1 Å². The van der Waals surface area contributed by atoms with E-state index in [0.29, 0.717) is 28.8 Å². The Morgan fingerprint density at radius 1 is 1.29 bits per heavy atom. The molecule has 1 unspecified atom stereocenters. The fourth-order valence-electron chi connectivity index (χ4n) is 2.66. The highest BCUT2D eigenvalue weighted by molar-refractivity contribution is 7.98. The van der Waals surface area contributed by atoms with Gasteiger partial charge in [0.2, 0.25) is 6.79 Å². The van der Waals surface area contributed by atoms with E-state index in [1.807, 2.05) is 48.7 Å². The molecule has 0 aromatic heterocycles. The highest BCUT2D eigenvalue weighted by Crippen LogP contribution is 2.32. The summed E-state index contributed by atoms with van der Waals surface area (Å²) in [6.07, 6.45) is 1.99. The van der Waals surface area contributed by atoms with Crippen molar-refractivity contribution in [1.29, 1.82) is 0 Å². The zero-order valence-corrected chi connectivity index (χ0v) is 17.2. The van der Waals surface area contributed by atoms with Gasteiger partial charge in [-0.1, -0.05) is 28.9 Å². The van der Waals surface area contributed by atoms with E-state index in [1.165, 1.54) is 0 Å². The van der Waals surface area contributed by atoms with E-state index < -0.39 is 0 Å². The summed E-state index contributed by atoms with van der Waals surface area (Å²) >= 11 is 7.69. The molecule has 0 aliphatic carbocycles. The van der Waals surface area contributed by atoms with Crippen molar-refractivity contribution in [2.24, 2.45) is 5.16 Å². The van der Waals surface area contributed by atoms with Gasteiger partial charge in [-0.25, -0.2) is 0 Å². The van der Waals surface area contributed by atoms with Crippen molar-refractivity contribution in [1.82, 2.24) is 5.32 Å². The second-order valence-electron chi connectivity index (χ2n) is 6.10. The van der Waals surface area contributed by atoms with Gasteiger partial charge >= 0.3 is 0 Å². The van der Waals surface area contributed by atoms with Crippen LogP contribution in [0.1, 0.15) is 23.3 Å². The summed E-state index contributed by atoms with van der Waals surface area (Å²) in [5.74, 6) is 1.15. The van der Waals surface area contributed by atoms with Gasteiger partial charge in [0.25, 0.3) is 5.91 Å². The van der Waals surface area contributed by atoms with E-state index >= 15 is 0 Å². The second kappa shape index (κ2) is 9.71. The molecule has 1 heterocycles. The number of hydrogen-bond acceptors (Lipinski definition) is 6. The van der Waals surface area contributed by atoms with Crippen molar-refractivity contribution < 1.29 is 19.1 Å². The van der Waals surface area contributed by atoms with E-state index in [-0.39, 0.29) is 24.6 Å². The first kappa shape index (κ1) is 20.4. The number of nitrogens with one attached hydrogen (secondary N) is 1. The van der Waals surface area contributed by atoms with Gasteiger partial charge in [0.05, 0.1) is 5.71 Å². The molecule has 2 aromatic rings. The molecule has 6 nitrogen and oxygen atoms in total. The Morgan fingerprint density at radius 2 is 2.11 bits per heavy atom. The largest absolute Gasteiger partial charge is 0.454 e. The first-order chi connectivity index (χ1) is 13.6. The van der Waals surface area contributed by atoms with E-state index in [1.54, 1.807) is 18.7 Å². The normalized spacial score (nSPS) is 13.9. The maximum absolute atomic E-state index is 12.1. The zero-order valence-electron chi connectivity index (χ0n) is 15.6. The van der Waals surface area contributed by atoms with E-state index in [0.717, 1.165) is 11.1 Å². The molecule has 0 bridgehead atoms. The molecule has 2 aromatic carbocycles. The van der Waals surface area contributed by atoms with E-state index in [4.69, 9.17) is 25.9 Å². The lowest BCUT2D eigenvalue weighted by atomic mass is 10.1. The monoisotopic (exact) mass is 420 g/mol. The number of hydrogen-bond donors (Lipinski definition) is 1. The maximum Gasteiger partial charge on any atom is 0.260 e. The molecule has 1 aliphatic heterocycles. The number of amides is 1. The predicted molar refractivity (Wildman–Crippen MR) is 111 cm³/mol. The number of carbonyl (C=O) groups is 1. The van der Waals surface area contributed by atoms with Gasteiger partial charge in [0.1, 0.15) is 0 Å². The van der Waals surface area contributed by atoms with Crippen LogP contribution in [0.5, 0.6) is 11.5 Å². The summed E-state index contributed by atoms with van der Waals surface area (Å²) in [7, 11) is 0. The third-order valence-electron chi connectivity index (χ3n) is 4.18. The molecule has 8 heteroatoms. The van der Waals surface area contributed by atoms with E-state index in [2.05, 4.69) is 10.5 Å². The lowest BCUT2D eigenvalue weighted by Crippen LogP contribution is -2.30. The lowest BCUT2D eigenvalue weighted by Gasteiger charge is -2.16.